The van der Waals surface area contributed by atoms with Crippen LogP contribution in [0.5, 0.6) is 0 Å². The average molecular weight is 283 g/mol. The molecule has 6 N–H and O–H groups in total. The van der Waals surface area contributed by atoms with Gasteiger partial charge in [-0.15, -0.1) is 0 Å². The van der Waals surface area contributed by atoms with Crippen molar-refractivity contribution in [1.82, 2.24) is 21.6 Å². The molecule has 0 saturated carbocycles. The molecule has 1 aliphatic rings. The van der Waals surface area contributed by atoms with Crippen LogP contribution in [0.3, 0.4) is 0 Å². The highest BCUT2D eigenvalue weighted by atomic mass is 15.7. The summed E-state index contributed by atoms with van der Waals surface area (Å²) >= 11 is 0. The van der Waals surface area contributed by atoms with Crippen LogP contribution in [0.1, 0.15) is 0 Å². The summed E-state index contributed by atoms with van der Waals surface area (Å²) in [6, 6.07) is 18.5. The molecule has 0 radical (unpaired) electrons. The number of anilines is 1. The first-order valence-electron chi connectivity index (χ1n) is 6.66. The molecular formula is C14H17N7. The SMILES string of the molecule is N=NNC1NNC(Nc2ccc(-c3ccccc3)cc2)N1. The molecule has 1 heterocycles. The van der Waals surface area contributed by atoms with Crippen LogP contribution in [0, 0.1) is 5.53 Å². The van der Waals surface area contributed by atoms with E-state index in [-0.39, 0.29) is 12.6 Å². The first kappa shape index (κ1) is 13.5. The lowest BCUT2D eigenvalue weighted by atomic mass is 10.1. The lowest BCUT2D eigenvalue weighted by Gasteiger charge is -2.15. The van der Waals surface area contributed by atoms with Crippen LogP contribution >= 0.6 is 0 Å². The van der Waals surface area contributed by atoms with Gasteiger partial charge in [-0.2, -0.15) is 5.53 Å². The maximum absolute atomic E-state index is 6.75. The van der Waals surface area contributed by atoms with Crippen molar-refractivity contribution in [1.29, 1.82) is 5.53 Å². The van der Waals surface area contributed by atoms with E-state index in [9.17, 15) is 0 Å². The van der Waals surface area contributed by atoms with Gasteiger partial charge in [0, 0.05) is 5.69 Å². The Kier molecular flexibility index (Phi) is 4.06. The van der Waals surface area contributed by atoms with E-state index >= 15 is 0 Å². The van der Waals surface area contributed by atoms with Crippen molar-refractivity contribution in [2.75, 3.05) is 5.32 Å². The molecule has 0 aliphatic carbocycles. The van der Waals surface area contributed by atoms with Crippen LogP contribution in [0.15, 0.2) is 59.8 Å². The Labute approximate surface area is 122 Å². The van der Waals surface area contributed by atoms with Gasteiger partial charge >= 0.3 is 0 Å². The van der Waals surface area contributed by atoms with Crippen LogP contribution in [-0.2, 0) is 0 Å². The van der Waals surface area contributed by atoms with Crippen LogP contribution in [0.4, 0.5) is 5.69 Å². The molecule has 2 atom stereocenters. The van der Waals surface area contributed by atoms with E-state index in [0.717, 1.165) is 5.69 Å². The molecule has 1 fully saturated rings. The summed E-state index contributed by atoms with van der Waals surface area (Å²) < 4.78 is 0. The van der Waals surface area contributed by atoms with E-state index in [0.29, 0.717) is 0 Å². The summed E-state index contributed by atoms with van der Waals surface area (Å²) in [5, 5.41) is 9.52. The molecule has 21 heavy (non-hydrogen) atoms. The Bertz CT molecular complexity index is 584. The summed E-state index contributed by atoms with van der Waals surface area (Å²) in [5.74, 6) is 0. The highest BCUT2D eigenvalue weighted by molar-refractivity contribution is 5.65. The molecule has 0 bridgehead atoms. The maximum Gasteiger partial charge on any atom is 0.164 e. The van der Waals surface area contributed by atoms with Gasteiger partial charge in [0.2, 0.25) is 0 Å². The molecule has 2 unspecified atom stereocenters. The second-order valence-electron chi connectivity index (χ2n) is 4.65. The third-order valence-electron chi connectivity index (χ3n) is 3.20. The molecule has 1 saturated heterocycles. The molecule has 0 aromatic heterocycles. The number of hydrogen-bond donors (Lipinski definition) is 6. The van der Waals surface area contributed by atoms with E-state index in [1.165, 1.54) is 11.1 Å². The molecule has 3 rings (SSSR count). The minimum atomic E-state index is -0.274. The molecule has 2 aromatic carbocycles. The highest BCUT2D eigenvalue weighted by Crippen LogP contribution is 2.21. The number of nitrogens with zero attached hydrogens (tertiary/aromatic N) is 1. The quantitative estimate of drug-likeness (QED) is 0.370. The Hall–Kier alpha value is -2.48. The van der Waals surface area contributed by atoms with Gasteiger partial charge in [0.05, 0.1) is 0 Å². The summed E-state index contributed by atoms with van der Waals surface area (Å²) in [6.07, 6.45) is -0.421. The molecule has 0 amide bonds. The van der Waals surface area contributed by atoms with Crippen molar-refractivity contribution in [2.45, 2.75) is 12.6 Å². The number of benzene rings is 2. The van der Waals surface area contributed by atoms with Crippen LogP contribution in [0.2, 0.25) is 0 Å². The van der Waals surface area contributed by atoms with Gasteiger partial charge in [0.25, 0.3) is 0 Å². The maximum atomic E-state index is 6.75. The van der Waals surface area contributed by atoms with Crippen molar-refractivity contribution < 1.29 is 0 Å². The normalized spacial score (nSPS) is 21.0. The standard InChI is InChI=1S/C14H17N7/c15-21-20-14-17-13(18-19-14)16-12-8-6-11(7-9-12)10-4-2-1-3-5-10/h1-9,13-14,16-19H,(H2,15,20). The third-order valence-corrected chi connectivity index (χ3v) is 3.20. The fraction of sp³-hybridized carbons (Fsp3) is 0.143. The third kappa shape index (κ3) is 3.34. The van der Waals surface area contributed by atoms with Gasteiger partial charge in [-0.1, -0.05) is 47.7 Å². The Morgan fingerprint density at radius 2 is 1.52 bits per heavy atom. The van der Waals surface area contributed by atoms with E-state index < -0.39 is 0 Å². The van der Waals surface area contributed by atoms with Gasteiger partial charge in [0.15, 0.2) is 6.29 Å². The van der Waals surface area contributed by atoms with Gasteiger partial charge in [0.1, 0.15) is 6.29 Å². The summed E-state index contributed by atoms with van der Waals surface area (Å²) in [7, 11) is 0. The molecule has 2 aromatic rings. The van der Waals surface area contributed by atoms with Crippen molar-refractivity contribution in [3.63, 3.8) is 0 Å². The zero-order valence-electron chi connectivity index (χ0n) is 11.3. The number of nitrogens with one attached hydrogen (secondary N) is 6. The molecule has 7 nitrogen and oxygen atoms in total. The first-order chi connectivity index (χ1) is 10.3. The van der Waals surface area contributed by atoms with Crippen molar-refractivity contribution in [3.05, 3.63) is 54.6 Å². The summed E-state index contributed by atoms with van der Waals surface area (Å²) in [4.78, 5) is 0. The Morgan fingerprint density at radius 1 is 0.857 bits per heavy atom. The lowest BCUT2D eigenvalue weighted by Crippen LogP contribution is -2.44. The van der Waals surface area contributed by atoms with Crippen molar-refractivity contribution >= 4 is 5.69 Å². The molecular weight excluding hydrogens is 266 g/mol. The second-order valence-corrected chi connectivity index (χ2v) is 4.65. The number of rotatable bonds is 5. The largest absolute Gasteiger partial charge is 0.357 e. The lowest BCUT2D eigenvalue weighted by molar-refractivity contribution is 0.421. The Balaban J connectivity index is 1.62. The van der Waals surface area contributed by atoms with Crippen LogP contribution < -0.4 is 26.9 Å². The Morgan fingerprint density at radius 3 is 2.24 bits per heavy atom. The minimum Gasteiger partial charge on any atom is -0.357 e. The average Bonchev–Trinajstić information content (AvgIpc) is 2.97. The molecule has 7 heteroatoms. The minimum absolute atomic E-state index is 0.146. The number of hydrazine groups is 1. The van der Waals surface area contributed by atoms with Crippen LogP contribution in [-0.4, -0.2) is 12.6 Å². The smallest absolute Gasteiger partial charge is 0.164 e. The fourth-order valence-electron chi connectivity index (χ4n) is 2.18. The van der Waals surface area contributed by atoms with Crippen molar-refractivity contribution in [2.24, 2.45) is 5.22 Å². The fourth-order valence-corrected chi connectivity index (χ4v) is 2.18. The highest BCUT2D eigenvalue weighted by Gasteiger charge is 2.21. The summed E-state index contributed by atoms with van der Waals surface area (Å²) in [5.41, 5.74) is 18.6. The molecule has 1 aliphatic heterocycles. The van der Waals surface area contributed by atoms with Crippen LogP contribution in [0.25, 0.3) is 11.1 Å². The van der Waals surface area contributed by atoms with E-state index in [1.54, 1.807) is 0 Å². The molecule has 0 spiro atoms. The van der Waals surface area contributed by atoms with Gasteiger partial charge in [-0.3, -0.25) is 5.43 Å². The second kappa shape index (κ2) is 6.31. The first-order valence-corrected chi connectivity index (χ1v) is 6.66. The van der Waals surface area contributed by atoms with Gasteiger partial charge in [-0.25, -0.2) is 16.2 Å². The van der Waals surface area contributed by atoms with E-state index in [1.807, 2.05) is 30.3 Å². The predicted octanol–water partition coefficient (Wildman–Crippen LogP) is 1.57. The molecule has 108 valence electrons. The van der Waals surface area contributed by atoms with Gasteiger partial charge in [-0.05, 0) is 23.3 Å². The zero-order valence-corrected chi connectivity index (χ0v) is 11.3. The van der Waals surface area contributed by atoms with E-state index in [2.05, 4.69) is 56.4 Å². The van der Waals surface area contributed by atoms with Crippen molar-refractivity contribution in [3.8, 4) is 11.1 Å². The number of hydrogen-bond acceptors (Lipinski definition) is 6. The van der Waals surface area contributed by atoms with E-state index in [4.69, 9.17) is 5.53 Å². The summed E-state index contributed by atoms with van der Waals surface area (Å²) in [6.45, 7) is 0. The van der Waals surface area contributed by atoms with Gasteiger partial charge < -0.3 is 5.32 Å². The predicted molar refractivity (Wildman–Crippen MR) is 80.8 cm³/mol. The zero-order chi connectivity index (χ0) is 14.5. The monoisotopic (exact) mass is 283 g/mol. The topological polar surface area (TPSA) is 96.4 Å².